The van der Waals surface area contributed by atoms with Crippen molar-refractivity contribution in [2.24, 2.45) is 11.1 Å². The number of nitrogens with zero attached hydrogens (tertiary/aromatic N) is 4. The second-order valence-corrected chi connectivity index (χ2v) is 9.45. The number of hydrogen-bond acceptors (Lipinski definition) is 6. The Bertz CT molecular complexity index is 1330. The number of nitriles is 1. The highest BCUT2D eigenvalue weighted by atomic mass is 19.1. The van der Waals surface area contributed by atoms with Gasteiger partial charge in [-0.15, -0.1) is 0 Å². The van der Waals surface area contributed by atoms with Gasteiger partial charge in [0, 0.05) is 78.5 Å². The Labute approximate surface area is 192 Å². The minimum absolute atomic E-state index is 0.179. The molecule has 2 fully saturated rings. The lowest BCUT2D eigenvalue weighted by Gasteiger charge is -2.26. The SMILES string of the molecule is CCNc1cc(F)cc2c1Cc1ncc(-c3cncc(C#N)c3)c(N3CCC4(C[C@@H]4N)C3)c1-2. The van der Waals surface area contributed by atoms with Gasteiger partial charge in [0.25, 0.3) is 0 Å². The lowest BCUT2D eigenvalue weighted by atomic mass is 9.97. The Kier molecular flexibility index (Phi) is 4.43. The summed E-state index contributed by atoms with van der Waals surface area (Å²) in [7, 11) is 0. The monoisotopic (exact) mass is 440 g/mol. The predicted molar refractivity (Wildman–Crippen MR) is 126 cm³/mol. The van der Waals surface area contributed by atoms with Crippen LogP contribution in [0.25, 0.3) is 22.3 Å². The Morgan fingerprint density at radius 2 is 2.12 bits per heavy atom. The molecule has 6 rings (SSSR count). The molecule has 1 unspecified atom stereocenters. The van der Waals surface area contributed by atoms with Gasteiger partial charge in [0.05, 0.1) is 16.9 Å². The van der Waals surface area contributed by atoms with Crippen LogP contribution in [0.4, 0.5) is 15.8 Å². The number of nitrogens with two attached hydrogens (primary N) is 1. The summed E-state index contributed by atoms with van der Waals surface area (Å²) in [5, 5.41) is 12.7. The molecule has 1 aromatic carbocycles. The van der Waals surface area contributed by atoms with E-state index in [4.69, 9.17) is 10.7 Å². The van der Waals surface area contributed by atoms with Gasteiger partial charge in [-0.25, -0.2) is 4.39 Å². The molecule has 0 bridgehead atoms. The van der Waals surface area contributed by atoms with E-state index in [1.165, 1.54) is 0 Å². The fourth-order valence-electron chi connectivity index (χ4n) is 5.65. The standard InChI is InChI=1S/C26H25FN6/c1-2-31-21-7-17(27)6-19-18(21)8-22-24(19)25(33-4-3-26(14-33)9-23(26)29)20(13-32-22)16-5-15(10-28)11-30-12-16/h5-7,11-13,23,31H,2-4,8-9,14,29H2,1H3/t23-,26?/m0/s1. The summed E-state index contributed by atoms with van der Waals surface area (Å²) in [5.74, 6) is -0.260. The first kappa shape index (κ1) is 20.1. The van der Waals surface area contributed by atoms with Crippen LogP contribution in [0.3, 0.4) is 0 Å². The van der Waals surface area contributed by atoms with E-state index in [-0.39, 0.29) is 17.3 Å². The highest BCUT2D eigenvalue weighted by molar-refractivity contribution is 5.96. The normalized spacial score (nSPS) is 22.2. The Hall–Kier alpha value is -3.50. The lowest BCUT2D eigenvalue weighted by molar-refractivity contribution is 0.553. The van der Waals surface area contributed by atoms with E-state index in [2.05, 4.69) is 21.3 Å². The molecule has 1 aliphatic heterocycles. The molecule has 1 spiro atoms. The number of rotatable bonds is 4. The highest BCUT2D eigenvalue weighted by Crippen LogP contribution is 2.56. The van der Waals surface area contributed by atoms with Crippen molar-refractivity contribution < 1.29 is 4.39 Å². The third kappa shape index (κ3) is 3.09. The average molecular weight is 441 g/mol. The third-order valence-corrected chi connectivity index (χ3v) is 7.46. The van der Waals surface area contributed by atoms with Crippen molar-refractivity contribution in [1.29, 1.82) is 5.26 Å². The number of hydrogen-bond donors (Lipinski definition) is 2. The average Bonchev–Trinajstić information content (AvgIpc) is 3.13. The third-order valence-electron chi connectivity index (χ3n) is 7.46. The molecule has 166 valence electrons. The smallest absolute Gasteiger partial charge is 0.125 e. The fourth-order valence-corrected chi connectivity index (χ4v) is 5.65. The van der Waals surface area contributed by atoms with Crippen molar-refractivity contribution in [1.82, 2.24) is 9.97 Å². The molecule has 1 saturated carbocycles. The Balaban J connectivity index is 1.58. The molecule has 3 aromatic rings. The van der Waals surface area contributed by atoms with Crippen molar-refractivity contribution in [3.63, 3.8) is 0 Å². The summed E-state index contributed by atoms with van der Waals surface area (Å²) < 4.78 is 14.7. The van der Waals surface area contributed by atoms with Gasteiger partial charge < -0.3 is 16.0 Å². The number of pyridine rings is 2. The molecule has 2 aromatic heterocycles. The minimum atomic E-state index is -0.260. The predicted octanol–water partition coefficient (Wildman–Crippen LogP) is 4.08. The van der Waals surface area contributed by atoms with Crippen LogP contribution in [0.2, 0.25) is 0 Å². The van der Waals surface area contributed by atoms with Crippen molar-refractivity contribution >= 4 is 11.4 Å². The number of benzene rings is 1. The van der Waals surface area contributed by atoms with E-state index < -0.39 is 0 Å². The lowest BCUT2D eigenvalue weighted by Crippen LogP contribution is -2.24. The van der Waals surface area contributed by atoms with E-state index >= 15 is 0 Å². The molecule has 2 aliphatic carbocycles. The topological polar surface area (TPSA) is 90.9 Å². The van der Waals surface area contributed by atoms with Gasteiger partial charge >= 0.3 is 0 Å². The summed E-state index contributed by atoms with van der Waals surface area (Å²) in [5.41, 5.74) is 14.6. The van der Waals surface area contributed by atoms with Gasteiger partial charge in [-0.1, -0.05) is 0 Å². The molecule has 3 heterocycles. The zero-order valence-corrected chi connectivity index (χ0v) is 18.5. The summed E-state index contributed by atoms with van der Waals surface area (Å²) in [6, 6.07) is 7.48. The van der Waals surface area contributed by atoms with Crippen LogP contribution in [0, 0.1) is 22.6 Å². The van der Waals surface area contributed by atoms with Gasteiger partial charge in [-0.3, -0.25) is 9.97 Å². The van der Waals surface area contributed by atoms with Gasteiger partial charge in [0.2, 0.25) is 0 Å². The fraction of sp³-hybridized carbons (Fsp3) is 0.346. The minimum Gasteiger partial charge on any atom is -0.385 e. The van der Waals surface area contributed by atoms with E-state index in [1.807, 2.05) is 19.2 Å². The van der Waals surface area contributed by atoms with Gasteiger partial charge in [-0.2, -0.15) is 5.26 Å². The highest BCUT2D eigenvalue weighted by Gasteiger charge is 2.56. The first-order chi connectivity index (χ1) is 16.0. The maximum atomic E-state index is 14.7. The Morgan fingerprint density at radius 1 is 1.27 bits per heavy atom. The van der Waals surface area contributed by atoms with Crippen LogP contribution < -0.4 is 16.0 Å². The van der Waals surface area contributed by atoms with E-state index in [1.54, 1.807) is 24.5 Å². The van der Waals surface area contributed by atoms with Crippen molar-refractivity contribution in [2.75, 3.05) is 29.9 Å². The molecule has 3 aliphatic rings. The quantitative estimate of drug-likeness (QED) is 0.497. The van der Waals surface area contributed by atoms with Crippen molar-refractivity contribution in [2.45, 2.75) is 32.2 Å². The molecular formula is C26H25FN6. The van der Waals surface area contributed by atoms with Gasteiger partial charge in [-0.05, 0) is 49.1 Å². The first-order valence-electron chi connectivity index (χ1n) is 11.5. The van der Waals surface area contributed by atoms with Crippen LogP contribution in [-0.4, -0.2) is 35.6 Å². The number of halogens is 1. The molecule has 1 saturated heterocycles. The van der Waals surface area contributed by atoms with E-state index in [0.29, 0.717) is 12.0 Å². The number of anilines is 2. The zero-order chi connectivity index (χ0) is 22.7. The number of nitrogens with one attached hydrogen (secondary N) is 1. The molecule has 2 atom stereocenters. The van der Waals surface area contributed by atoms with E-state index in [9.17, 15) is 9.65 Å². The molecule has 0 radical (unpaired) electrons. The second-order valence-electron chi connectivity index (χ2n) is 9.45. The van der Waals surface area contributed by atoms with Crippen molar-refractivity contribution in [3.05, 3.63) is 59.4 Å². The number of fused-ring (bicyclic) bond motifs is 3. The maximum absolute atomic E-state index is 14.7. The maximum Gasteiger partial charge on any atom is 0.125 e. The van der Waals surface area contributed by atoms with Crippen LogP contribution in [0.5, 0.6) is 0 Å². The summed E-state index contributed by atoms with van der Waals surface area (Å²) in [4.78, 5) is 11.5. The molecular weight excluding hydrogens is 415 g/mol. The Morgan fingerprint density at radius 3 is 2.85 bits per heavy atom. The van der Waals surface area contributed by atoms with Crippen LogP contribution in [-0.2, 0) is 6.42 Å². The molecule has 0 amide bonds. The summed E-state index contributed by atoms with van der Waals surface area (Å²) >= 11 is 0. The van der Waals surface area contributed by atoms with Gasteiger partial charge in [0.15, 0.2) is 0 Å². The molecule has 33 heavy (non-hydrogen) atoms. The van der Waals surface area contributed by atoms with Crippen LogP contribution in [0.15, 0.2) is 36.8 Å². The first-order valence-corrected chi connectivity index (χ1v) is 11.5. The van der Waals surface area contributed by atoms with Crippen molar-refractivity contribution in [3.8, 4) is 28.3 Å². The van der Waals surface area contributed by atoms with Crippen LogP contribution >= 0.6 is 0 Å². The zero-order valence-electron chi connectivity index (χ0n) is 18.5. The summed E-state index contributed by atoms with van der Waals surface area (Å²) in [6.45, 7) is 4.51. The van der Waals surface area contributed by atoms with Crippen LogP contribution in [0.1, 0.15) is 36.6 Å². The molecule has 7 heteroatoms. The summed E-state index contributed by atoms with van der Waals surface area (Å²) in [6.07, 6.45) is 7.99. The number of aromatic nitrogens is 2. The largest absolute Gasteiger partial charge is 0.385 e. The van der Waals surface area contributed by atoms with Gasteiger partial charge in [0.1, 0.15) is 11.9 Å². The van der Waals surface area contributed by atoms with E-state index in [0.717, 1.165) is 77.4 Å². The second kappa shape index (κ2) is 7.26. The molecule has 3 N–H and O–H groups in total. The molecule has 6 nitrogen and oxygen atoms in total.